The molecule has 0 spiro atoms. The molecule has 2 aromatic carbocycles. The normalized spacial score (nSPS) is 10.9. The molecule has 0 unspecified atom stereocenters. The molecule has 1 amide bonds. The summed E-state index contributed by atoms with van der Waals surface area (Å²) in [4.78, 5) is 23.8. The molecule has 0 bridgehead atoms. The van der Waals surface area contributed by atoms with Gasteiger partial charge in [-0.3, -0.25) is 5.32 Å². The molecule has 2 rings (SSSR count). The Labute approximate surface area is 154 Å². The largest absolute Gasteiger partial charge is 0.464 e. The van der Waals surface area contributed by atoms with Crippen LogP contribution in [-0.2, 0) is 27.3 Å². The number of amides is 1. The number of hydrogen-bond acceptors (Lipinski definition) is 4. The molecule has 6 heteroatoms. The van der Waals surface area contributed by atoms with Crippen molar-refractivity contribution in [1.82, 2.24) is 5.32 Å². The molecule has 0 aromatic heterocycles. The highest BCUT2D eigenvalue weighted by Gasteiger charge is 2.14. The minimum Gasteiger partial charge on any atom is -0.464 e. The van der Waals surface area contributed by atoms with Gasteiger partial charge in [0, 0.05) is 4.47 Å². The van der Waals surface area contributed by atoms with Gasteiger partial charge in [-0.25, -0.2) is 9.59 Å². The number of methoxy groups -OCH3 is 1. The molecule has 0 saturated heterocycles. The Morgan fingerprint density at radius 1 is 1.08 bits per heavy atom. The zero-order valence-electron chi connectivity index (χ0n) is 13.7. The van der Waals surface area contributed by atoms with Crippen molar-refractivity contribution in [3.05, 3.63) is 82.0 Å². The molecule has 0 aliphatic carbocycles. The predicted octanol–water partition coefficient (Wildman–Crippen LogP) is 3.97. The maximum absolute atomic E-state index is 11.9. The lowest BCUT2D eigenvalue weighted by Gasteiger charge is -2.09. The number of ether oxygens (including phenoxy) is 2. The first kappa shape index (κ1) is 18.7. The van der Waals surface area contributed by atoms with Crippen LogP contribution in [-0.4, -0.2) is 19.2 Å². The molecule has 2 aromatic rings. The zero-order valence-corrected chi connectivity index (χ0v) is 15.3. The number of hydrogen-bond donors (Lipinski definition) is 1. The zero-order chi connectivity index (χ0) is 18.1. The number of benzene rings is 2. The van der Waals surface area contributed by atoms with Crippen LogP contribution in [0.4, 0.5) is 4.79 Å². The Hall–Kier alpha value is -2.60. The first-order valence-electron chi connectivity index (χ1n) is 7.59. The number of rotatable bonds is 6. The number of allylic oxidation sites excluding steroid dienone is 1. The number of halogens is 1. The molecule has 0 heterocycles. The monoisotopic (exact) mass is 403 g/mol. The second kappa shape index (κ2) is 9.64. The van der Waals surface area contributed by atoms with Crippen molar-refractivity contribution in [2.75, 3.05) is 7.11 Å². The van der Waals surface area contributed by atoms with Crippen LogP contribution in [0.3, 0.4) is 0 Å². The summed E-state index contributed by atoms with van der Waals surface area (Å²) in [7, 11) is 1.26. The van der Waals surface area contributed by atoms with Gasteiger partial charge in [-0.05, 0) is 29.7 Å². The Kier molecular flexibility index (Phi) is 7.22. The summed E-state index contributed by atoms with van der Waals surface area (Å²) < 4.78 is 10.7. The Bertz CT molecular complexity index is 759. The van der Waals surface area contributed by atoms with Crippen LogP contribution in [0.15, 0.2) is 70.8 Å². The van der Waals surface area contributed by atoms with Gasteiger partial charge in [0.15, 0.2) is 0 Å². The van der Waals surface area contributed by atoms with Crippen molar-refractivity contribution in [3.8, 4) is 0 Å². The first-order chi connectivity index (χ1) is 12.1. The fourth-order valence-electron chi connectivity index (χ4n) is 2.04. The maximum Gasteiger partial charge on any atom is 0.412 e. The standard InChI is InChI=1S/C19H18BrNO4/c1-24-18(22)17(12-11-15-9-5-6-10-16(15)20)21-19(23)25-13-14-7-3-2-4-8-14/h2-10,12H,11,13H2,1H3,(H,21,23)/b17-12+. The molecule has 0 aliphatic heterocycles. The summed E-state index contributed by atoms with van der Waals surface area (Å²) in [5.41, 5.74) is 1.87. The Balaban J connectivity index is 1.99. The molecule has 1 N–H and O–H groups in total. The van der Waals surface area contributed by atoms with Crippen LogP contribution < -0.4 is 5.32 Å². The lowest BCUT2D eigenvalue weighted by atomic mass is 10.1. The number of nitrogens with one attached hydrogen (secondary N) is 1. The van der Waals surface area contributed by atoms with Gasteiger partial charge in [0.05, 0.1) is 7.11 Å². The number of esters is 1. The molecule has 0 radical (unpaired) electrons. The topological polar surface area (TPSA) is 64.6 Å². The molecule has 5 nitrogen and oxygen atoms in total. The van der Waals surface area contributed by atoms with Gasteiger partial charge >= 0.3 is 12.1 Å². The highest BCUT2D eigenvalue weighted by molar-refractivity contribution is 9.10. The van der Waals surface area contributed by atoms with Gasteiger partial charge in [-0.2, -0.15) is 0 Å². The molecule has 130 valence electrons. The van der Waals surface area contributed by atoms with Gasteiger partial charge < -0.3 is 9.47 Å². The van der Waals surface area contributed by atoms with E-state index in [0.717, 1.165) is 15.6 Å². The minimum atomic E-state index is -0.715. The van der Waals surface area contributed by atoms with Crippen molar-refractivity contribution in [2.24, 2.45) is 0 Å². The lowest BCUT2D eigenvalue weighted by Crippen LogP contribution is -2.28. The van der Waals surface area contributed by atoms with Gasteiger partial charge in [0.25, 0.3) is 0 Å². The van der Waals surface area contributed by atoms with Gasteiger partial charge in [0.2, 0.25) is 0 Å². The first-order valence-corrected chi connectivity index (χ1v) is 8.39. The van der Waals surface area contributed by atoms with E-state index < -0.39 is 12.1 Å². The summed E-state index contributed by atoms with van der Waals surface area (Å²) in [5.74, 6) is -0.635. The van der Waals surface area contributed by atoms with Gasteiger partial charge in [-0.15, -0.1) is 0 Å². The quantitative estimate of drug-likeness (QED) is 0.585. The van der Waals surface area contributed by atoms with Crippen molar-refractivity contribution in [3.63, 3.8) is 0 Å². The van der Waals surface area contributed by atoms with E-state index in [1.54, 1.807) is 6.08 Å². The Morgan fingerprint density at radius 3 is 2.44 bits per heavy atom. The van der Waals surface area contributed by atoms with E-state index in [-0.39, 0.29) is 12.3 Å². The number of alkyl carbamates (subject to hydrolysis) is 1. The van der Waals surface area contributed by atoms with Crippen molar-refractivity contribution >= 4 is 28.0 Å². The van der Waals surface area contributed by atoms with E-state index in [0.29, 0.717) is 6.42 Å². The molecule has 0 saturated carbocycles. The molecular formula is C19H18BrNO4. The van der Waals surface area contributed by atoms with E-state index in [1.165, 1.54) is 7.11 Å². The molecular weight excluding hydrogens is 386 g/mol. The minimum absolute atomic E-state index is 0.0383. The Morgan fingerprint density at radius 2 is 1.76 bits per heavy atom. The van der Waals surface area contributed by atoms with Crippen LogP contribution in [0.1, 0.15) is 11.1 Å². The van der Waals surface area contributed by atoms with E-state index in [4.69, 9.17) is 9.47 Å². The van der Waals surface area contributed by atoms with Gasteiger partial charge in [0.1, 0.15) is 12.3 Å². The second-order valence-corrected chi connectivity index (χ2v) is 5.95. The number of carbonyl (C=O) groups excluding carboxylic acids is 2. The van der Waals surface area contributed by atoms with E-state index >= 15 is 0 Å². The van der Waals surface area contributed by atoms with E-state index in [2.05, 4.69) is 21.2 Å². The number of carbonyl (C=O) groups is 2. The van der Waals surface area contributed by atoms with Crippen molar-refractivity contribution in [2.45, 2.75) is 13.0 Å². The van der Waals surface area contributed by atoms with Crippen molar-refractivity contribution < 1.29 is 19.1 Å². The van der Waals surface area contributed by atoms with Crippen molar-refractivity contribution in [1.29, 1.82) is 0 Å². The summed E-state index contributed by atoms with van der Waals surface area (Å²) in [5, 5.41) is 2.44. The third-order valence-electron chi connectivity index (χ3n) is 3.34. The lowest BCUT2D eigenvalue weighted by molar-refractivity contribution is -0.136. The van der Waals surface area contributed by atoms with Crippen LogP contribution in [0, 0.1) is 0 Å². The van der Waals surface area contributed by atoms with Crippen LogP contribution in [0.5, 0.6) is 0 Å². The second-order valence-electron chi connectivity index (χ2n) is 5.09. The fraction of sp³-hybridized carbons (Fsp3) is 0.158. The molecule has 0 fully saturated rings. The van der Waals surface area contributed by atoms with E-state index in [1.807, 2.05) is 54.6 Å². The summed E-state index contributed by atoms with van der Waals surface area (Å²) >= 11 is 3.44. The highest BCUT2D eigenvalue weighted by atomic mass is 79.9. The average Bonchev–Trinajstić information content (AvgIpc) is 2.64. The smallest absolute Gasteiger partial charge is 0.412 e. The maximum atomic E-state index is 11.9. The predicted molar refractivity (Wildman–Crippen MR) is 97.7 cm³/mol. The van der Waals surface area contributed by atoms with Crippen LogP contribution in [0.2, 0.25) is 0 Å². The third kappa shape index (κ3) is 6.08. The fourth-order valence-corrected chi connectivity index (χ4v) is 2.49. The molecule has 0 aliphatic rings. The average molecular weight is 404 g/mol. The van der Waals surface area contributed by atoms with Crippen LogP contribution in [0.25, 0.3) is 0 Å². The highest BCUT2D eigenvalue weighted by Crippen LogP contribution is 2.17. The SMILES string of the molecule is COC(=O)/C(=C\Cc1ccccc1Br)NC(=O)OCc1ccccc1. The van der Waals surface area contributed by atoms with E-state index in [9.17, 15) is 9.59 Å². The van der Waals surface area contributed by atoms with Gasteiger partial charge in [-0.1, -0.05) is 64.5 Å². The molecule has 0 atom stereocenters. The molecule has 25 heavy (non-hydrogen) atoms. The summed E-state index contributed by atoms with van der Waals surface area (Å²) in [6.45, 7) is 0.116. The van der Waals surface area contributed by atoms with Crippen LogP contribution >= 0.6 is 15.9 Å². The summed E-state index contributed by atoms with van der Waals surface area (Å²) in [6.07, 6.45) is 1.33. The third-order valence-corrected chi connectivity index (χ3v) is 4.11. The summed E-state index contributed by atoms with van der Waals surface area (Å²) in [6, 6.07) is 16.9.